The molecule has 0 aliphatic rings. The predicted octanol–water partition coefficient (Wildman–Crippen LogP) is -0.546. The van der Waals surface area contributed by atoms with Crippen molar-refractivity contribution in [1.29, 1.82) is 0 Å². The monoisotopic (exact) mass is 273 g/mol. The third-order valence-corrected chi connectivity index (χ3v) is 2.54. The molecule has 19 heavy (non-hydrogen) atoms. The third-order valence-electron chi connectivity index (χ3n) is 2.54. The van der Waals surface area contributed by atoms with E-state index in [0.717, 1.165) is 0 Å². The van der Waals surface area contributed by atoms with Crippen LogP contribution in [-0.4, -0.2) is 41.0 Å². The Morgan fingerprint density at radius 3 is 1.89 bits per heavy atom. The van der Waals surface area contributed by atoms with E-state index < -0.39 is 35.9 Å². The number of carbonyl (C=O) groups excluding carboxylic acids is 2. The molecule has 0 heterocycles. The van der Waals surface area contributed by atoms with Gasteiger partial charge in [-0.15, -0.1) is 0 Å². The molecule has 0 radical (unpaired) electrons. The van der Waals surface area contributed by atoms with Crippen LogP contribution >= 0.6 is 0 Å². The molecule has 2 amide bonds. The van der Waals surface area contributed by atoms with Gasteiger partial charge in [0, 0.05) is 0 Å². The Balaban J connectivity index is 4.29. The van der Waals surface area contributed by atoms with E-state index in [-0.39, 0.29) is 5.92 Å². The number of nitrogens with one attached hydrogen (secondary N) is 2. The van der Waals surface area contributed by atoms with Gasteiger partial charge in [-0.3, -0.25) is 14.4 Å². The summed E-state index contributed by atoms with van der Waals surface area (Å²) >= 11 is 0. The molecule has 0 bridgehead atoms. The standard InChI is InChI=1S/C12H23N3O4/c1-6(2)5-9(13)11(17)14-7(3)10(16)15-8(4)12(18)19/h6-9H,5,13H2,1-4H3,(H,14,17)(H,15,16)(H,18,19)/t7-,8-,9-/m0/s1. The van der Waals surface area contributed by atoms with Gasteiger partial charge in [-0.05, 0) is 26.2 Å². The molecule has 0 aromatic carbocycles. The largest absolute Gasteiger partial charge is 0.480 e. The Hall–Kier alpha value is -1.63. The Labute approximate surface area is 112 Å². The summed E-state index contributed by atoms with van der Waals surface area (Å²) < 4.78 is 0. The van der Waals surface area contributed by atoms with Gasteiger partial charge in [-0.2, -0.15) is 0 Å². The average molecular weight is 273 g/mol. The summed E-state index contributed by atoms with van der Waals surface area (Å²) in [5.74, 6) is -1.83. The Bertz CT molecular complexity index is 344. The average Bonchev–Trinajstić information content (AvgIpc) is 2.27. The molecule has 0 unspecified atom stereocenters. The first-order valence-corrected chi connectivity index (χ1v) is 6.24. The van der Waals surface area contributed by atoms with E-state index in [1.54, 1.807) is 0 Å². The fraction of sp³-hybridized carbons (Fsp3) is 0.750. The predicted molar refractivity (Wildman–Crippen MR) is 70.3 cm³/mol. The first kappa shape index (κ1) is 17.4. The van der Waals surface area contributed by atoms with Crippen LogP contribution in [0, 0.1) is 5.92 Å². The molecule has 3 atom stereocenters. The second kappa shape index (κ2) is 7.73. The van der Waals surface area contributed by atoms with Crippen LogP contribution in [0.15, 0.2) is 0 Å². The highest BCUT2D eigenvalue weighted by Crippen LogP contribution is 2.02. The Morgan fingerprint density at radius 2 is 1.47 bits per heavy atom. The van der Waals surface area contributed by atoms with Crippen LogP contribution in [0.4, 0.5) is 0 Å². The molecular weight excluding hydrogens is 250 g/mol. The summed E-state index contributed by atoms with van der Waals surface area (Å²) in [5, 5.41) is 13.4. The van der Waals surface area contributed by atoms with Crippen molar-refractivity contribution in [2.45, 2.75) is 52.2 Å². The number of rotatable bonds is 7. The molecule has 0 aliphatic heterocycles. The van der Waals surface area contributed by atoms with Crippen LogP contribution in [0.3, 0.4) is 0 Å². The number of carboxylic acids is 1. The topological polar surface area (TPSA) is 122 Å². The number of amides is 2. The molecular formula is C12H23N3O4. The lowest BCUT2D eigenvalue weighted by Gasteiger charge is -2.19. The van der Waals surface area contributed by atoms with Crippen molar-refractivity contribution in [3.8, 4) is 0 Å². The highest BCUT2D eigenvalue weighted by Gasteiger charge is 2.23. The van der Waals surface area contributed by atoms with Gasteiger partial charge in [-0.25, -0.2) is 0 Å². The number of nitrogens with two attached hydrogens (primary N) is 1. The Kier molecular flexibility index (Phi) is 7.06. The number of hydrogen-bond acceptors (Lipinski definition) is 4. The summed E-state index contributed by atoms with van der Waals surface area (Å²) in [6.45, 7) is 6.71. The zero-order valence-electron chi connectivity index (χ0n) is 11.8. The smallest absolute Gasteiger partial charge is 0.325 e. The van der Waals surface area contributed by atoms with E-state index in [9.17, 15) is 14.4 Å². The van der Waals surface area contributed by atoms with Crippen LogP contribution in [-0.2, 0) is 14.4 Å². The number of carbonyl (C=O) groups is 3. The van der Waals surface area contributed by atoms with E-state index in [4.69, 9.17) is 10.8 Å². The molecule has 110 valence electrons. The highest BCUT2D eigenvalue weighted by molar-refractivity contribution is 5.91. The van der Waals surface area contributed by atoms with Gasteiger partial charge in [0.05, 0.1) is 6.04 Å². The van der Waals surface area contributed by atoms with Crippen LogP contribution in [0.2, 0.25) is 0 Å². The summed E-state index contributed by atoms with van der Waals surface area (Å²) in [6, 6.07) is -2.50. The van der Waals surface area contributed by atoms with Crippen LogP contribution in [0.5, 0.6) is 0 Å². The molecule has 7 nitrogen and oxygen atoms in total. The lowest BCUT2D eigenvalue weighted by molar-refractivity contribution is -0.141. The summed E-state index contributed by atoms with van der Waals surface area (Å²) in [6.07, 6.45) is 0.520. The van der Waals surface area contributed by atoms with Gasteiger partial charge in [0.2, 0.25) is 11.8 Å². The van der Waals surface area contributed by atoms with Crippen LogP contribution in [0.25, 0.3) is 0 Å². The second-order valence-corrected chi connectivity index (χ2v) is 5.03. The molecule has 5 N–H and O–H groups in total. The molecule has 0 spiro atoms. The van der Waals surface area contributed by atoms with Crippen molar-refractivity contribution < 1.29 is 19.5 Å². The van der Waals surface area contributed by atoms with Crippen molar-refractivity contribution in [3.05, 3.63) is 0 Å². The van der Waals surface area contributed by atoms with Gasteiger partial charge in [-0.1, -0.05) is 13.8 Å². The number of carboxylic acid groups (broad SMARTS) is 1. The van der Waals surface area contributed by atoms with E-state index in [2.05, 4.69) is 10.6 Å². The van der Waals surface area contributed by atoms with Gasteiger partial charge in [0.15, 0.2) is 0 Å². The molecule has 0 saturated heterocycles. The van der Waals surface area contributed by atoms with Gasteiger partial charge >= 0.3 is 5.97 Å². The fourth-order valence-electron chi connectivity index (χ4n) is 1.40. The van der Waals surface area contributed by atoms with Crippen molar-refractivity contribution in [2.24, 2.45) is 11.7 Å². The maximum absolute atomic E-state index is 11.7. The lowest BCUT2D eigenvalue weighted by Crippen LogP contribution is -2.52. The van der Waals surface area contributed by atoms with Crippen molar-refractivity contribution >= 4 is 17.8 Å². The zero-order chi connectivity index (χ0) is 15.2. The zero-order valence-corrected chi connectivity index (χ0v) is 11.8. The van der Waals surface area contributed by atoms with E-state index in [0.29, 0.717) is 6.42 Å². The van der Waals surface area contributed by atoms with Gasteiger partial charge in [0.1, 0.15) is 12.1 Å². The minimum absolute atomic E-state index is 0.275. The normalized spacial score (nSPS) is 15.5. The molecule has 0 rings (SSSR count). The first-order valence-electron chi connectivity index (χ1n) is 6.24. The number of hydrogen-bond donors (Lipinski definition) is 4. The van der Waals surface area contributed by atoms with Crippen molar-refractivity contribution in [2.75, 3.05) is 0 Å². The molecule has 7 heteroatoms. The Morgan fingerprint density at radius 1 is 1.00 bits per heavy atom. The van der Waals surface area contributed by atoms with E-state index in [1.165, 1.54) is 13.8 Å². The van der Waals surface area contributed by atoms with E-state index in [1.807, 2.05) is 13.8 Å². The maximum Gasteiger partial charge on any atom is 0.325 e. The van der Waals surface area contributed by atoms with Crippen molar-refractivity contribution in [1.82, 2.24) is 10.6 Å². The third kappa shape index (κ3) is 6.76. The lowest BCUT2D eigenvalue weighted by atomic mass is 10.0. The minimum atomic E-state index is -1.14. The van der Waals surface area contributed by atoms with Crippen molar-refractivity contribution in [3.63, 3.8) is 0 Å². The molecule has 0 saturated carbocycles. The minimum Gasteiger partial charge on any atom is -0.480 e. The molecule has 0 aromatic rings. The highest BCUT2D eigenvalue weighted by atomic mass is 16.4. The first-order chi connectivity index (χ1) is 8.65. The van der Waals surface area contributed by atoms with Gasteiger partial charge < -0.3 is 21.5 Å². The number of aliphatic carboxylic acids is 1. The maximum atomic E-state index is 11.7. The summed E-state index contributed by atoms with van der Waals surface area (Å²) in [4.78, 5) is 33.9. The summed E-state index contributed by atoms with van der Waals surface area (Å²) in [5.41, 5.74) is 5.68. The summed E-state index contributed by atoms with van der Waals surface area (Å²) in [7, 11) is 0. The molecule has 0 aromatic heterocycles. The fourth-order valence-corrected chi connectivity index (χ4v) is 1.40. The van der Waals surface area contributed by atoms with Crippen LogP contribution < -0.4 is 16.4 Å². The SMILES string of the molecule is CC(C)C[C@H](N)C(=O)N[C@@H](C)C(=O)N[C@@H](C)C(=O)O. The van der Waals surface area contributed by atoms with Crippen LogP contribution in [0.1, 0.15) is 34.1 Å². The molecule has 0 fully saturated rings. The van der Waals surface area contributed by atoms with E-state index >= 15 is 0 Å². The second-order valence-electron chi connectivity index (χ2n) is 5.03. The quantitative estimate of drug-likeness (QED) is 0.496. The van der Waals surface area contributed by atoms with Gasteiger partial charge in [0.25, 0.3) is 0 Å². The molecule has 0 aliphatic carbocycles.